The van der Waals surface area contributed by atoms with E-state index < -0.39 is 0 Å². The first-order valence-corrected chi connectivity index (χ1v) is 4.24. The van der Waals surface area contributed by atoms with Crippen molar-refractivity contribution >= 4 is 11.6 Å². The van der Waals surface area contributed by atoms with Crippen LogP contribution in [0.25, 0.3) is 0 Å². The van der Waals surface area contributed by atoms with Gasteiger partial charge in [0.15, 0.2) is 0 Å². The first kappa shape index (κ1) is 12.5. The normalized spacial score (nSPS) is 9.08. The van der Waals surface area contributed by atoms with Crippen molar-refractivity contribution in [2.24, 2.45) is 0 Å². The minimum absolute atomic E-state index is 0. The summed E-state index contributed by atoms with van der Waals surface area (Å²) in [5.41, 5.74) is 3.71. The Bertz CT molecular complexity index is 228. The molecular weight excluding hydrogens is 211 g/mol. The Morgan fingerprint density at radius 3 is 2.77 bits per heavy atom. The molecule has 0 spiro atoms. The fraction of sp³-hybridized carbons (Fsp3) is 0.375. The number of pyridine rings is 1. The van der Waals surface area contributed by atoms with E-state index >= 15 is 0 Å². The van der Waals surface area contributed by atoms with Crippen LogP contribution in [0.15, 0.2) is 18.3 Å². The maximum Gasteiger partial charge on any atom is 0.213 e. The lowest BCUT2D eigenvalue weighted by Gasteiger charge is -2.01. The van der Waals surface area contributed by atoms with E-state index in [1.807, 2.05) is 0 Å². The third-order valence-electron chi connectivity index (χ3n) is 1.34. The number of ether oxygens (including phenoxy) is 1. The topological polar surface area (TPSA) is 49.8 Å². The predicted octanol–water partition coefficient (Wildman–Crippen LogP) is -2.25. The van der Waals surface area contributed by atoms with Crippen molar-refractivity contribution in [3.63, 3.8) is 0 Å². The molecule has 0 saturated carbocycles. The average Bonchev–Trinajstić information content (AvgIpc) is 2.09. The van der Waals surface area contributed by atoms with E-state index in [-0.39, 0.29) is 12.4 Å². The number of nitrogens with zero attached hydrogens (tertiary/aromatic N) is 1. The number of aromatic nitrogens is 1. The maximum absolute atomic E-state index is 5.64. The van der Waals surface area contributed by atoms with Crippen molar-refractivity contribution in [2.45, 2.75) is 6.42 Å². The average molecular weight is 223 g/mol. The lowest BCUT2D eigenvalue weighted by molar-refractivity contribution is -0.368. The lowest BCUT2D eigenvalue weighted by Crippen LogP contribution is -3.00. The zero-order chi connectivity index (χ0) is 8.81. The zero-order valence-electron chi connectivity index (χ0n) is 7.17. The van der Waals surface area contributed by atoms with Crippen LogP contribution in [0.5, 0.6) is 5.88 Å². The fourth-order valence-electron chi connectivity index (χ4n) is 0.726. The molecule has 0 bridgehead atoms. The molecule has 0 atom stereocenters. The number of quaternary nitrogens is 1. The van der Waals surface area contributed by atoms with Crippen LogP contribution >= 0.6 is 11.6 Å². The molecule has 0 aliphatic carbocycles. The van der Waals surface area contributed by atoms with Gasteiger partial charge in [-0.3, -0.25) is 0 Å². The second-order valence-electron chi connectivity index (χ2n) is 2.37. The molecule has 13 heavy (non-hydrogen) atoms. The Kier molecular flexibility index (Phi) is 6.68. The standard InChI is InChI=1S/C8H11ClN2O.ClH/c9-7-2-3-8(11-6-7)12-5-1-4-10;/h2-3,6H,1,4-5,10H2;1H. The van der Waals surface area contributed by atoms with Gasteiger partial charge in [0.05, 0.1) is 18.2 Å². The van der Waals surface area contributed by atoms with Crippen LogP contribution in [0.4, 0.5) is 0 Å². The third-order valence-corrected chi connectivity index (χ3v) is 1.57. The third kappa shape index (κ3) is 4.93. The Labute approximate surface area is 88.7 Å². The van der Waals surface area contributed by atoms with Gasteiger partial charge in [-0.15, -0.1) is 0 Å². The van der Waals surface area contributed by atoms with Gasteiger partial charge >= 0.3 is 0 Å². The molecule has 0 fully saturated rings. The van der Waals surface area contributed by atoms with E-state index in [0.29, 0.717) is 17.5 Å². The molecule has 5 heteroatoms. The summed E-state index contributed by atoms with van der Waals surface area (Å²) in [6.07, 6.45) is 2.52. The smallest absolute Gasteiger partial charge is 0.213 e. The molecule has 0 aliphatic rings. The molecule has 1 heterocycles. The predicted molar refractivity (Wildman–Crippen MR) is 47.1 cm³/mol. The summed E-state index contributed by atoms with van der Waals surface area (Å²) >= 11 is 5.64. The summed E-state index contributed by atoms with van der Waals surface area (Å²) in [7, 11) is 0. The van der Waals surface area contributed by atoms with Crippen molar-refractivity contribution in [3.05, 3.63) is 23.4 Å². The SMILES string of the molecule is [Cl-].[NH3+]CCCOc1ccc(Cl)cn1. The van der Waals surface area contributed by atoms with Gasteiger partial charge < -0.3 is 22.9 Å². The molecule has 74 valence electrons. The molecule has 0 radical (unpaired) electrons. The first-order valence-electron chi connectivity index (χ1n) is 3.86. The summed E-state index contributed by atoms with van der Waals surface area (Å²) in [4.78, 5) is 3.98. The molecule has 0 aliphatic heterocycles. The highest BCUT2D eigenvalue weighted by atomic mass is 35.5. The van der Waals surface area contributed by atoms with Gasteiger partial charge in [0.2, 0.25) is 5.88 Å². The highest BCUT2D eigenvalue weighted by Crippen LogP contribution is 2.11. The molecule has 3 nitrogen and oxygen atoms in total. The van der Waals surface area contributed by atoms with Gasteiger partial charge in [-0.05, 0) is 6.07 Å². The van der Waals surface area contributed by atoms with Crippen molar-refractivity contribution in [1.82, 2.24) is 4.98 Å². The van der Waals surface area contributed by atoms with E-state index in [4.69, 9.17) is 16.3 Å². The van der Waals surface area contributed by atoms with Gasteiger partial charge in [-0.2, -0.15) is 0 Å². The summed E-state index contributed by atoms with van der Waals surface area (Å²) in [6, 6.07) is 3.51. The zero-order valence-corrected chi connectivity index (χ0v) is 8.68. The number of hydrogen-bond donors (Lipinski definition) is 1. The summed E-state index contributed by atoms with van der Waals surface area (Å²) in [6.45, 7) is 1.55. The Hall–Kier alpha value is -0.510. The highest BCUT2D eigenvalue weighted by Gasteiger charge is 1.94. The van der Waals surface area contributed by atoms with Gasteiger partial charge in [0.25, 0.3) is 0 Å². The molecule has 3 N–H and O–H groups in total. The number of hydrogen-bond acceptors (Lipinski definition) is 2. The van der Waals surface area contributed by atoms with Gasteiger partial charge in [0, 0.05) is 18.7 Å². The van der Waals surface area contributed by atoms with Crippen LogP contribution in [0, 0.1) is 0 Å². The van der Waals surface area contributed by atoms with E-state index in [2.05, 4.69) is 10.7 Å². The molecule has 0 saturated heterocycles. The van der Waals surface area contributed by atoms with E-state index in [1.54, 1.807) is 18.3 Å². The first-order chi connectivity index (χ1) is 5.83. The van der Waals surface area contributed by atoms with Gasteiger partial charge in [-0.25, -0.2) is 4.98 Å². The second-order valence-corrected chi connectivity index (χ2v) is 2.81. The molecule has 0 amide bonds. The van der Waals surface area contributed by atoms with E-state index in [0.717, 1.165) is 13.0 Å². The quantitative estimate of drug-likeness (QED) is 0.586. The van der Waals surface area contributed by atoms with Crippen LogP contribution in [0.2, 0.25) is 5.02 Å². The second kappa shape index (κ2) is 6.95. The maximum atomic E-state index is 5.64. The van der Waals surface area contributed by atoms with Crippen LogP contribution in [0.1, 0.15) is 6.42 Å². The Morgan fingerprint density at radius 2 is 2.23 bits per heavy atom. The lowest BCUT2D eigenvalue weighted by atomic mass is 10.4. The summed E-state index contributed by atoms with van der Waals surface area (Å²) in [5, 5.41) is 0.625. The minimum atomic E-state index is 0. The van der Waals surface area contributed by atoms with Gasteiger partial charge in [0.1, 0.15) is 0 Å². The highest BCUT2D eigenvalue weighted by molar-refractivity contribution is 6.30. The van der Waals surface area contributed by atoms with Crippen molar-refractivity contribution < 1.29 is 22.9 Å². The van der Waals surface area contributed by atoms with E-state index in [1.165, 1.54) is 0 Å². The number of rotatable bonds is 4. The van der Waals surface area contributed by atoms with Crippen LogP contribution in [0.3, 0.4) is 0 Å². The monoisotopic (exact) mass is 222 g/mol. The van der Waals surface area contributed by atoms with Crippen LogP contribution < -0.4 is 22.9 Å². The van der Waals surface area contributed by atoms with Crippen molar-refractivity contribution in [3.8, 4) is 5.88 Å². The van der Waals surface area contributed by atoms with Gasteiger partial charge in [-0.1, -0.05) is 11.6 Å². The van der Waals surface area contributed by atoms with E-state index in [9.17, 15) is 0 Å². The summed E-state index contributed by atoms with van der Waals surface area (Å²) in [5.74, 6) is 0.618. The summed E-state index contributed by atoms with van der Waals surface area (Å²) < 4.78 is 5.29. The molecule has 0 unspecified atom stereocenters. The molecule has 1 aromatic rings. The minimum Gasteiger partial charge on any atom is -1.00 e. The van der Waals surface area contributed by atoms with Crippen molar-refractivity contribution in [2.75, 3.05) is 13.2 Å². The molecule has 0 aromatic carbocycles. The van der Waals surface area contributed by atoms with Crippen LogP contribution in [-0.2, 0) is 0 Å². The number of halogens is 2. The molecule has 1 rings (SSSR count). The Morgan fingerprint density at radius 1 is 1.46 bits per heavy atom. The molecule has 1 aromatic heterocycles. The van der Waals surface area contributed by atoms with Crippen LogP contribution in [-0.4, -0.2) is 18.1 Å². The Balaban J connectivity index is 0.00000144. The largest absolute Gasteiger partial charge is 1.00 e. The molecular formula is C8H12Cl2N2O. The van der Waals surface area contributed by atoms with Crippen molar-refractivity contribution in [1.29, 1.82) is 0 Å². The fourth-order valence-corrected chi connectivity index (χ4v) is 0.838.